The number of carbonyl (C=O) groups is 1. The minimum absolute atomic E-state index is 0.224. The third-order valence-electron chi connectivity index (χ3n) is 4.85. The van der Waals surface area contributed by atoms with Gasteiger partial charge in [0.05, 0.1) is 5.02 Å². The number of hydrogen-bond acceptors (Lipinski definition) is 6. The summed E-state index contributed by atoms with van der Waals surface area (Å²) in [6.07, 6.45) is 4.70. The molecule has 2 aromatic rings. The van der Waals surface area contributed by atoms with Crippen molar-refractivity contribution >= 4 is 34.8 Å². The summed E-state index contributed by atoms with van der Waals surface area (Å²) in [6, 6.07) is 3.13. The van der Waals surface area contributed by atoms with E-state index in [0.29, 0.717) is 24.5 Å². The molecule has 3 heterocycles. The molecule has 0 atom stereocenters. The van der Waals surface area contributed by atoms with Crippen LogP contribution in [-0.4, -0.2) is 20.4 Å². The van der Waals surface area contributed by atoms with Gasteiger partial charge in [-0.1, -0.05) is 32.0 Å². The molecular formula is C20H25ClN6O2. The van der Waals surface area contributed by atoms with Gasteiger partial charge < -0.3 is 16.0 Å². The van der Waals surface area contributed by atoms with Gasteiger partial charge in [-0.2, -0.15) is 0 Å². The quantitative estimate of drug-likeness (QED) is 0.697. The van der Waals surface area contributed by atoms with Crippen LogP contribution < -0.4 is 21.5 Å². The maximum Gasteiger partial charge on any atom is 0.276 e. The number of carbonyl (C=O) groups excluding carboxylic acids is 1. The Labute approximate surface area is 174 Å². The standard InChI is InChI=1S/C18H19ClN6O2.C2H6/c1-10(2)22-13-8-14(21-9-20-13)23-12-7-11(19)15-16(26)24-18(5-3-4-6-18)25(15)17(12)27;1-2/h7-9H,1,3-6H2,2H3,(H,24,26)(H2,20,21,22,23);1-2H3. The van der Waals surface area contributed by atoms with Gasteiger partial charge in [-0.25, -0.2) is 9.97 Å². The Morgan fingerprint density at radius 1 is 1.21 bits per heavy atom. The van der Waals surface area contributed by atoms with Crippen LogP contribution in [0.2, 0.25) is 5.02 Å². The number of nitrogens with one attached hydrogen (secondary N) is 3. The average Bonchev–Trinajstić information content (AvgIpc) is 3.26. The molecule has 0 aromatic carbocycles. The van der Waals surface area contributed by atoms with Crippen LogP contribution in [-0.2, 0) is 5.66 Å². The number of allylic oxidation sites excluding steroid dienone is 1. The van der Waals surface area contributed by atoms with Crippen molar-refractivity contribution in [2.75, 3.05) is 10.6 Å². The molecule has 0 bridgehead atoms. The van der Waals surface area contributed by atoms with Crippen LogP contribution in [0.5, 0.6) is 0 Å². The highest BCUT2D eigenvalue weighted by Gasteiger charge is 2.46. The minimum atomic E-state index is -0.677. The van der Waals surface area contributed by atoms with E-state index in [1.807, 2.05) is 20.8 Å². The monoisotopic (exact) mass is 416 g/mol. The van der Waals surface area contributed by atoms with Crippen LogP contribution in [0.15, 0.2) is 35.5 Å². The van der Waals surface area contributed by atoms with Crippen LogP contribution >= 0.6 is 11.6 Å². The summed E-state index contributed by atoms with van der Waals surface area (Å²) >= 11 is 6.35. The SMILES string of the molecule is C=C(C)Nc1cc(Nc2cc(Cl)c3n(c2=O)C2(CCCC2)NC3=O)ncn1.CC. The normalized spacial score (nSPS) is 15.9. The highest BCUT2D eigenvalue weighted by Crippen LogP contribution is 2.39. The molecular weight excluding hydrogens is 392 g/mol. The Balaban J connectivity index is 0.00000117. The van der Waals surface area contributed by atoms with E-state index in [4.69, 9.17) is 11.6 Å². The van der Waals surface area contributed by atoms with Gasteiger partial charge in [-0.15, -0.1) is 0 Å². The first-order valence-electron chi connectivity index (χ1n) is 9.70. The van der Waals surface area contributed by atoms with Crippen LogP contribution in [0.25, 0.3) is 0 Å². The van der Waals surface area contributed by atoms with Gasteiger partial charge in [0, 0.05) is 11.8 Å². The molecule has 1 saturated carbocycles. The number of nitrogens with zero attached hydrogens (tertiary/aromatic N) is 3. The predicted molar refractivity (Wildman–Crippen MR) is 115 cm³/mol. The molecule has 1 aliphatic carbocycles. The summed E-state index contributed by atoms with van der Waals surface area (Å²) < 4.78 is 1.52. The van der Waals surface area contributed by atoms with Crippen molar-refractivity contribution in [3.63, 3.8) is 0 Å². The van der Waals surface area contributed by atoms with Crippen LogP contribution in [0.1, 0.15) is 56.9 Å². The Morgan fingerprint density at radius 3 is 2.52 bits per heavy atom. The third-order valence-corrected chi connectivity index (χ3v) is 5.13. The Kier molecular flexibility index (Phi) is 5.93. The molecule has 1 spiro atoms. The third kappa shape index (κ3) is 3.85. The number of rotatable bonds is 4. The molecule has 1 fully saturated rings. The number of fused-ring (bicyclic) bond motifs is 2. The van der Waals surface area contributed by atoms with Gasteiger partial charge in [-0.3, -0.25) is 14.2 Å². The molecule has 3 N–H and O–H groups in total. The van der Waals surface area contributed by atoms with Crippen molar-refractivity contribution in [2.45, 2.75) is 52.1 Å². The highest BCUT2D eigenvalue weighted by molar-refractivity contribution is 6.34. The molecule has 1 amide bonds. The van der Waals surface area contributed by atoms with Crippen molar-refractivity contribution in [3.8, 4) is 0 Å². The zero-order valence-electron chi connectivity index (χ0n) is 16.8. The second-order valence-corrected chi connectivity index (χ2v) is 7.31. The van der Waals surface area contributed by atoms with Crippen molar-refractivity contribution in [1.29, 1.82) is 0 Å². The second kappa shape index (κ2) is 8.24. The number of pyridine rings is 1. The molecule has 154 valence electrons. The Bertz CT molecular complexity index is 1010. The van der Waals surface area contributed by atoms with Crippen LogP contribution in [0, 0.1) is 0 Å². The van der Waals surface area contributed by atoms with Gasteiger partial charge in [0.25, 0.3) is 11.5 Å². The van der Waals surface area contributed by atoms with Crippen molar-refractivity contribution in [3.05, 3.63) is 51.8 Å². The van der Waals surface area contributed by atoms with E-state index in [2.05, 4.69) is 32.5 Å². The molecule has 0 unspecified atom stereocenters. The van der Waals surface area contributed by atoms with Crippen molar-refractivity contribution < 1.29 is 4.79 Å². The first-order chi connectivity index (χ1) is 13.9. The number of halogens is 1. The Hall–Kier alpha value is -2.87. The van der Waals surface area contributed by atoms with Gasteiger partial charge >= 0.3 is 0 Å². The summed E-state index contributed by atoms with van der Waals surface area (Å²) in [4.78, 5) is 33.8. The Morgan fingerprint density at radius 2 is 1.86 bits per heavy atom. The fourth-order valence-electron chi connectivity index (χ4n) is 3.78. The molecule has 4 rings (SSSR count). The fourth-order valence-corrected chi connectivity index (χ4v) is 4.06. The lowest BCUT2D eigenvalue weighted by Gasteiger charge is -2.26. The predicted octanol–water partition coefficient (Wildman–Crippen LogP) is 3.98. The number of hydrogen-bond donors (Lipinski definition) is 3. The van der Waals surface area contributed by atoms with Gasteiger partial charge in [-0.05, 0) is 38.7 Å². The van der Waals surface area contributed by atoms with E-state index in [9.17, 15) is 9.59 Å². The van der Waals surface area contributed by atoms with Gasteiger partial charge in [0.2, 0.25) is 0 Å². The van der Waals surface area contributed by atoms with Gasteiger partial charge in [0.15, 0.2) is 0 Å². The molecule has 29 heavy (non-hydrogen) atoms. The average molecular weight is 417 g/mol. The van der Waals surface area contributed by atoms with Crippen molar-refractivity contribution in [2.24, 2.45) is 0 Å². The highest BCUT2D eigenvalue weighted by atomic mass is 35.5. The lowest BCUT2D eigenvalue weighted by Crippen LogP contribution is -2.45. The molecule has 2 aliphatic rings. The summed E-state index contributed by atoms with van der Waals surface area (Å²) in [7, 11) is 0. The molecule has 8 nitrogen and oxygen atoms in total. The smallest absolute Gasteiger partial charge is 0.276 e. The lowest BCUT2D eigenvalue weighted by atomic mass is 10.1. The molecule has 2 aromatic heterocycles. The van der Waals surface area contributed by atoms with E-state index in [-0.39, 0.29) is 27.9 Å². The fraction of sp³-hybridized carbons (Fsp3) is 0.400. The summed E-state index contributed by atoms with van der Waals surface area (Å²) in [5, 5.41) is 9.19. The summed E-state index contributed by atoms with van der Waals surface area (Å²) in [5.41, 5.74) is 0.229. The molecule has 9 heteroatoms. The number of aromatic nitrogens is 3. The zero-order valence-corrected chi connectivity index (χ0v) is 17.6. The first kappa shape index (κ1) is 20.9. The molecule has 0 radical (unpaired) electrons. The van der Waals surface area contributed by atoms with E-state index < -0.39 is 5.66 Å². The summed E-state index contributed by atoms with van der Waals surface area (Å²) in [6.45, 7) is 9.59. The number of anilines is 3. The van der Waals surface area contributed by atoms with E-state index in [1.54, 1.807) is 6.07 Å². The second-order valence-electron chi connectivity index (χ2n) is 6.91. The van der Waals surface area contributed by atoms with Crippen LogP contribution in [0.3, 0.4) is 0 Å². The maximum absolute atomic E-state index is 13.2. The molecule has 1 aliphatic heterocycles. The summed E-state index contributed by atoms with van der Waals surface area (Å²) in [5.74, 6) is 0.678. The lowest BCUT2D eigenvalue weighted by molar-refractivity contribution is 0.0920. The van der Waals surface area contributed by atoms with E-state index in [1.165, 1.54) is 17.0 Å². The minimum Gasteiger partial charge on any atom is -0.345 e. The topological polar surface area (TPSA) is 101 Å². The van der Waals surface area contributed by atoms with E-state index in [0.717, 1.165) is 18.5 Å². The van der Waals surface area contributed by atoms with Crippen LogP contribution in [0.4, 0.5) is 17.3 Å². The first-order valence-corrected chi connectivity index (χ1v) is 10.1. The number of amides is 1. The maximum atomic E-state index is 13.2. The largest absolute Gasteiger partial charge is 0.345 e. The zero-order chi connectivity index (χ0) is 21.2. The van der Waals surface area contributed by atoms with E-state index >= 15 is 0 Å². The molecule has 0 saturated heterocycles. The van der Waals surface area contributed by atoms with Gasteiger partial charge in [0.1, 0.15) is 35.0 Å². The van der Waals surface area contributed by atoms with Crippen molar-refractivity contribution in [1.82, 2.24) is 19.9 Å².